The zero-order chi connectivity index (χ0) is 12.4. The third-order valence-electron chi connectivity index (χ3n) is 2.29. The largest absolute Gasteiger partial charge is 0.390 e. The maximum Gasteiger partial charge on any atom is 0.340 e. The van der Waals surface area contributed by atoms with E-state index in [1.165, 1.54) is 26.2 Å². The predicted molar refractivity (Wildman–Crippen MR) is 63.9 cm³/mol. The highest BCUT2D eigenvalue weighted by molar-refractivity contribution is 5.95. The molecule has 0 spiro atoms. The highest BCUT2D eigenvalue weighted by atomic mass is 16.6. The fourth-order valence-corrected chi connectivity index (χ4v) is 1.29. The molecule has 0 aliphatic rings. The van der Waals surface area contributed by atoms with Crippen molar-refractivity contribution < 1.29 is 14.3 Å². The van der Waals surface area contributed by atoms with Crippen molar-refractivity contribution in [2.45, 2.75) is 58.8 Å². The van der Waals surface area contributed by atoms with Crippen molar-refractivity contribution in [1.82, 2.24) is 0 Å². The molecule has 0 fully saturated rings. The molecule has 0 aromatic heterocycles. The first-order valence-electron chi connectivity index (χ1n) is 5.98. The molecule has 3 nitrogen and oxygen atoms in total. The zero-order valence-electron chi connectivity index (χ0n) is 10.4. The number of ether oxygens (including phenoxy) is 1. The molecule has 0 rings (SSSR count). The lowest BCUT2D eigenvalue weighted by atomic mass is 10.1. The lowest BCUT2D eigenvalue weighted by molar-refractivity contribution is -0.156. The molecule has 0 bridgehead atoms. The summed E-state index contributed by atoms with van der Waals surface area (Å²) in [6, 6.07) is 0. The van der Waals surface area contributed by atoms with Crippen LogP contribution in [0.4, 0.5) is 0 Å². The van der Waals surface area contributed by atoms with Gasteiger partial charge in [0.15, 0.2) is 0 Å². The van der Waals surface area contributed by atoms with Gasteiger partial charge >= 0.3 is 11.9 Å². The van der Waals surface area contributed by atoms with Crippen molar-refractivity contribution in [3.63, 3.8) is 0 Å². The Kier molecular flexibility index (Phi) is 8.49. The van der Waals surface area contributed by atoms with Gasteiger partial charge in [-0.15, -0.1) is 0 Å². The number of unbranched alkanes of at least 4 members (excludes halogenated alkanes) is 5. The Hall–Kier alpha value is -1.12. The van der Waals surface area contributed by atoms with E-state index in [2.05, 4.69) is 18.2 Å². The number of carbonyl (C=O) groups excluding carboxylic acids is 2. The first-order valence-corrected chi connectivity index (χ1v) is 5.98. The first-order chi connectivity index (χ1) is 7.57. The molecule has 0 amide bonds. The second-order valence-corrected chi connectivity index (χ2v) is 4.06. The van der Waals surface area contributed by atoms with Crippen LogP contribution in [-0.2, 0) is 14.3 Å². The highest BCUT2D eigenvalue weighted by Crippen LogP contribution is 2.07. The molecule has 0 aromatic rings. The smallest absolute Gasteiger partial charge is 0.340 e. The number of carbonyl (C=O) groups is 2. The minimum absolute atomic E-state index is 0.260. The van der Waals surface area contributed by atoms with Crippen LogP contribution in [0.1, 0.15) is 58.8 Å². The molecule has 3 heteroatoms. The summed E-state index contributed by atoms with van der Waals surface area (Å²) in [7, 11) is 0. The summed E-state index contributed by atoms with van der Waals surface area (Å²) in [4.78, 5) is 22.1. The third-order valence-corrected chi connectivity index (χ3v) is 2.29. The molecule has 0 unspecified atom stereocenters. The molecule has 0 radical (unpaired) electrons. The quantitative estimate of drug-likeness (QED) is 0.276. The van der Waals surface area contributed by atoms with Crippen LogP contribution in [0.5, 0.6) is 0 Å². The highest BCUT2D eigenvalue weighted by Gasteiger charge is 2.09. The Labute approximate surface area is 97.9 Å². The third kappa shape index (κ3) is 8.21. The van der Waals surface area contributed by atoms with Crippen molar-refractivity contribution in [2.24, 2.45) is 0 Å². The van der Waals surface area contributed by atoms with E-state index in [-0.39, 0.29) is 5.57 Å². The van der Waals surface area contributed by atoms with E-state index < -0.39 is 11.9 Å². The van der Waals surface area contributed by atoms with E-state index in [1.54, 1.807) is 0 Å². The summed E-state index contributed by atoms with van der Waals surface area (Å²) in [5.74, 6) is -1.06. The summed E-state index contributed by atoms with van der Waals surface area (Å²) in [6.45, 7) is 7.11. The van der Waals surface area contributed by atoms with Gasteiger partial charge in [0, 0.05) is 12.0 Å². The Morgan fingerprint density at radius 3 is 2.19 bits per heavy atom. The van der Waals surface area contributed by atoms with Crippen LogP contribution in [-0.4, -0.2) is 11.9 Å². The van der Waals surface area contributed by atoms with E-state index in [0.717, 1.165) is 19.3 Å². The topological polar surface area (TPSA) is 43.4 Å². The van der Waals surface area contributed by atoms with Gasteiger partial charge in [-0.25, -0.2) is 4.79 Å². The Morgan fingerprint density at radius 1 is 1.06 bits per heavy atom. The minimum atomic E-state index is -0.615. The van der Waals surface area contributed by atoms with Gasteiger partial charge < -0.3 is 4.74 Å². The maximum atomic E-state index is 11.2. The van der Waals surface area contributed by atoms with Gasteiger partial charge in [0.25, 0.3) is 0 Å². The minimum Gasteiger partial charge on any atom is -0.390 e. The average molecular weight is 226 g/mol. The van der Waals surface area contributed by atoms with E-state index >= 15 is 0 Å². The number of hydrogen-bond donors (Lipinski definition) is 0. The maximum absolute atomic E-state index is 11.2. The fourth-order valence-electron chi connectivity index (χ4n) is 1.29. The van der Waals surface area contributed by atoms with Crippen molar-refractivity contribution in [3.8, 4) is 0 Å². The Bertz CT molecular complexity index is 244. The van der Waals surface area contributed by atoms with Gasteiger partial charge in [0.05, 0.1) is 0 Å². The summed E-state index contributed by atoms with van der Waals surface area (Å²) in [5, 5.41) is 0. The van der Waals surface area contributed by atoms with Crippen molar-refractivity contribution in [3.05, 3.63) is 12.2 Å². The SMILES string of the molecule is C=C(C)C(=O)OC(=O)CCCCCCCC. The molecule has 0 aliphatic carbocycles. The van der Waals surface area contributed by atoms with Gasteiger partial charge in [0.2, 0.25) is 0 Å². The van der Waals surface area contributed by atoms with Crippen LogP contribution in [0.15, 0.2) is 12.2 Å². The zero-order valence-corrected chi connectivity index (χ0v) is 10.4. The predicted octanol–water partition coefficient (Wildman–Crippen LogP) is 3.38. The number of hydrogen-bond acceptors (Lipinski definition) is 3. The molecular formula is C13H22O3. The lowest BCUT2D eigenvalue weighted by Crippen LogP contribution is -2.12. The summed E-state index contributed by atoms with van der Waals surface area (Å²) in [5.41, 5.74) is 0.260. The van der Waals surface area contributed by atoms with Crippen molar-refractivity contribution in [2.75, 3.05) is 0 Å². The Morgan fingerprint density at radius 2 is 1.62 bits per heavy atom. The molecule has 0 aliphatic heterocycles. The van der Waals surface area contributed by atoms with Crippen molar-refractivity contribution in [1.29, 1.82) is 0 Å². The van der Waals surface area contributed by atoms with Crippen LogP contribution >= 0.6 is 0 Å². The van der Waals surface area contributed by atoms with E-state index in [1.807, 2.05) is 0 Å². The molecule has 0 heterocycles. The molecular weight excluding hydrogens is 204 g/mol. The van der Waals surface area contributed by atoms with Gasteiger partial charge in [-0.2, -0.15) is 0 Å². The standard InChI is InChI=1S/C13H22O3/c1-4-5-6-7-8-9-10-12(14)16-13(15)11(2)3/h2,4-10H2,1,3H3. The Balaban J connectivity index is 3.44. The summed E-state index contributed by atoms with van der Waals surface area (Å²) in [6.07, 6.45) is 6.98. The number of esters is 2. The molecule has 0 aromatic carbocycles. The van der Waals surface area contributed by atoms with Gasteiger partial charge in [-0.1, -0.05) is 45.6 Å². The second-order valence-electron chi connectivity index (χ2n) is 4.06. The lowest BCUT2D eigenvalue weighted by Gasteiger charge is -2.02. The van der Waals surface area contributed by atoms with Gasteiger partial charge in [-0.05, 0) is 13.3 Å². The molecule has 0 saturated heterocycles. The molecule has 0 saturated carbocycles. The van der Waals surface area contributed by atoms with Crippen LogP contribution in [0.25, 0.3) is 0 Å². The normalized spacial score (nSPS) is 9.88. The van der Waals surface area contributed by atoms with Crippen LogP contribution < -0.4 is 0 Å². The fraction of sp³-hybridized carbons (Fsp3) is 0.692. The average Bonchev–Trinajstić information content (AvgIpc) is 2.23. The summed E-state index contributed by atoms with van der Waals surface area (Å²) >= 11 is 0. The van der Waals surface area contributed by atoms with E-state index in [9.17, 15) is 9.59 Å². The van der Waals surface area contributed by atoms with Crippen LogP contribution in [0.2, 0.25) is 0 Å². The molecule has 0 N–H and O–H groups in total. The van der Waals surface area contributed by atoms with Gasteiger partial charge in [-0.3, -0.25) is 4.79 Å². The molecule has 92 valence electrons. The van der Waals surface area contributed by atoms with Crippen molar-refractivity contribution >= 4 is 11.9 Å². The second kappa shape index (κ2) is 9.13. The molecule has 0 atom stereocenters. The summed E-state index contributed by atoms with van der Waals surface area (Å²) < 4.78 is 4.56. The monoisotopic (exact) mass is 226 g/mol. The number of rotatable bonds is 8. The van der Waals surface area contributed by atoms with Crippen LogP contribution in [0.3, 0.4) is 0 Å². The van der Waals surface area contributed by atoms with Gasteiger partial charge in [0.1, 0.15) is 0 Å². The van der Waals surface area contributed by atoms with E-state index in [0.29, 0.717) is 6.42 Å². The molecule has 16 heavy (non-hydrogen) atoms. The first kappa shape index (κ1) is 14.9. The van der Waals surface area contributed by atoms with E-state index in [4.69, 9.17) is 0 Å². The van der Waals surface area contributed by atoms with Crippen LogP contribution in [0, 0.1) is 0 Å².